The van der Waals surface area contributed by atoms with Gasteiger partial charge in [0, 0.05) is 6.54 Å². The van der Waals surface area contributed by atoms with Crippen molar-refractivity contribution in [3.63, 3.8) is 0 Å². The van der Waals surface area contributed by atoms with Crippen molar-refractivity contribution in [2.24, 2.45) is 0 Å². The number of aryl methyl sites for hydroxylation is 2. The second-order valence-corrected chi connectivity index (χ2v) is 8.38. The van der Waals surface area contributed by atoms with Gasteiger partial charge in [0.2, 0.25) is 11.1 Å². The zero-order chi connectivity index (χ0) is 19.2. The Hall–Kier alpha value is -2.15. The molecule has 7 heteroatoms. The fourth-order valence-corrected chi connectivity index (χ4v) is 4.10. The third-order valence-corrected chi connectivity index (χ3v) is 5.84. The van der Waals surface area contributed by atoms with Crippen LogP contribution in [0.3, 0.4) is 0 Å². The van der Waals surface area contributed by atoms with Gasteiger partial charge in [0.05, 0.1) is 10.9 Å². The normalized spacial score (nSPS) is 15.3. The molecule has 0 fully saturated rings. The quantitative estimate of drug-likeness (QED) is 0.580. The van der Waals surface area contributed by atoms with Crippen LogP contribution in [-0.2, 0) is 4.79 Å². The van der Waals surface area contributed by atoms with Crippen LogP contribution in [0.1, 0.15) is 50.2 Å². The van der Waals surface area contributed by atoms with Crippen LogP contribution in [0, 0.1) is 13.8 Å². The molecule has 3 rings (SSSR count). The Bertz CT molecular complexity index is 830. The highest BCUT2D eigenvalue weighted by Crippen LogP contribution is 2.25. The highest BCUT2D eigenvalue weighted by Gasteiger charge is 2.19. The maximum absolute atomic E-state index is 12.4. The Morgan fingerprint density at radius 1 is 1.33 bits per heavy atom. The molecular weight excluding hydrogens is 358 g/mol. The first kappa shape index (κ1) is 19.6. The summed E-state index contributed by atoms with van der Waals surface area (Å²) in [5.74, 6) is 0.0200. The Morgan fingerprint density at radius 3 is 2.93 bits per heavy atom. The van der Waals surface area contributed by atoms with E-state index in [0.29, 0.717) is 11.7 Å². The fourth-order valence-electron chi connectivity index (χ4n) is 3.28. The molecular formula is C20H27N5OS. The van der Waals surface area contributed by atoms with Gasteiger partial charge in [-0.1, -0.05) is 41.1 Å². The summed E-state index contributed by atoms with van der Waals surface area (Å²) in [5, 5.41) is 15.4. The van der Waals surface area contributed by atoms with E-state index >= 15 is 0 Å². The van der Waals surface area contributed by atoms with Crippen molar-refractivity contribution in [2.75, 3.05) is 6.54 Å². The van der Waals surface area contributed by atoms with Crippen molar-refractivity contribution in [3.8, 4) is 5.69 Å². The highest BCUT2D eigenvalue weighted by atomic mass is 32.2. The van der Waals surface area contributed by atoms with Crippen molar-refractivity contribution in [2.45, 2.75) is 63.3 Å². The molecule has 0 radical (unpaired) electrons. The first-order chi connectivity index (χ1) is 13.0. The van der Waals surface area contributed by atoms with E-state index < -0.39 is 0 Å². The number of allylic oxidation sites excluding steroid dienone is 1. The smallest absolute Gasteiger partial charge is 0.233 e. The molecule has 144 valence electrons. The SMILES string of the molecule is Cc1ccc(-n2nnnc2S[C@H](C)C(=O)NCCC2=CCCCC2)c(C)c1. The summed E-state index contributed by atoms with van der Waals surface area (Å²) >= 11 is 1.38. The number of thioether (sulfide) groups is 1. The lowest BCUT2D eigenvalue weighted by Gasteiger charge is -2.15. The summed E-state index contributed by atoms with van der Waals surface area (Å²) in [4.78, 5) is 12.4. The minimum absolute atomic E-state index is 0.0200. The predicted molar refractivity (Wildman–Crippen MR) is 108 cm³/mol. The molecule has 27 heavy (non-hydrogen) atoms. The minimum Gasteiger partial charge on any atom is -0.355 e. The van der Waals surface area contributed by atoms with Gasteiger partial charge in [0.15, 0.2) is 0 Å². The molecule has 0 spiro atoms. The zero-order valence-corrected chi connectivity index (χ0v) is 17.1. The number of benzene rings is 1. The molecule has 1 aliphatic rings. The van der Waals surface area contributed by atoms with Crippen LogP contribution in [0.4, 0.5) is 0 Å². The molecule has 1 aliphatic carbocycles. The molecule has 6 nitrogen and oxygen atoms in total. The van der Waals surface area contributed by atoms with Crippen LogP contribution >= 0.6 is 11.8 Å². The number of tetrazole rings is 1. The number of aromatic nitrogens is 4. The monoisotopic (exact) mass is 385 g/mol. The van der Waals surface area contributed by atoms with Crippen LogP contribution in [0.5, 0.6) is 0 Å². The van der Waals surface area contributed by atoms with Crippen LogP contribution in [-0.4, -0.2) is 37.9 Å². The van der Waals surface area contributed by atoms with E-state index in [1.165, 1.54) is 48.6 Å². The number of carbonyl (C=O) groups excluding carboxylic acids is 1. The lowest BCUT2D eigenvalue weighted by atomic mass is 9.97. The van der Waals surface area contributed by atoms with Gasteiger partial charge in [-0.05, 0) is 74.9 Å². The van der Waals surface area contributed by atoms with Crippen LogP contribution in [0.25, 0.3) is 5.69 Å². The second-order valence-electron chi connectivity index (χ2n) is 7.07. The van der Waals surface area contributed by atoms with E-state index in [2.05, 4.69) is 39.9 Å². The highest BCUT2D eigenvalue weighted by molar-refractivity contribution is 8.00. The van der Waals surface area contributed by atoms with E-state index in [4.69, 9.17) is 0 Å². The van der Waals surface area contributed by atoms with Gasteiger partial charge in [0.1, 0.15) is 0 Å². The Balaban J connectivity index is 1.58. The number of hydrogen-bond donors (Lipinski definition) is 1. The van der Waals surface area contributed by atoms with Crippen molar-refractivity contribution in [1.82, 2.24) is 25.5 Å². The summed E-state index contributed by atoms with van der Waals surface area (Å²) in [6, 6.07) is 6.14. The average Bonchev–Trinajstić information content (AvgIpc) is 3.10. The van der Waals surface area contributed by atoms with Crippen LogP contribution in [0.15, 0.2) is 35.0 Å². The third-order valence-electron chi connectivity index (χ3n) is 4.80. The standard InChI is InChI=1S/C20H27N5OS/c1-14-9-10-18(15(2)13-14)25-20(22-23-24-25)27-16(3)19(26)21-12-11-17-7-5-4-6-8-17/h7,9-10,13,16H,4-6,8,11-12H2,1-3H3,(H,21,26)/t16-/m1/s1. The van der Waals surface area contributed by atoms with Gasteiger partial charge in [0.25, 0.3) is 0 Å². The maximum atomic E-state index is 12.4. The lowest BCUT2D eigenvalue weighted by Crippen LogP contribution is -2.32. The number of rotatable bonds is 7. The van der Waals surface area contributed by atoms with Crippen molar-refractivity contribution < 1.29 is 4.79 Å². The molecule has 2 aromatic rings. The zero-order valence-electron chi connectivity index (χ0n) is 16.2. The molecule has 1 N–H and O–H groups in total. The number of hydrogen-bond acceptors (Lipinski definition) is 5. The van der Waals surface area contributed by atoms with Crippen LogP contribution in [0.2, 0.25) is 0 Å². The van der Waals surface area contributed by atoms with Gasteiger partial charge in [-0.3, -0.25) is 4.79 Å². The Morgan fingerprint density at radius 2 is 2.19 bits per heavy atom. The second kappa shape index (κ2) is 9.17. The van der Waals surface area contributed by atoms with E-state index in [1.807, 2.05) is 26.0 Å². The fraction of sp³-hybridized carbons (Fsp3) is 0.500. The first-order valence-electron chi connectivity index (χ1n) is 9.53. The number of nitrogens with zero attached hydrogens (tertiary/aromatic N) is 4. The third kappa shape index (κ3) is 5.19. The molecule has 1 heterocycles. The van der Waals surface area contributed by atoms with Crippen LogP contribution < -0.4 is 5.32 Å². The topological polar surface area (TPSA) is 72.7 Å². The molecule has 0 saturated carbocycles. The summed E-state index contributed by atoms with van der Waals surface area (Å²) < 4.78 is 1.70. The largest absolute Gasteiger partial charge is 0.355 e. The number of carbonyl (C=O) groups is 1. The lowest BCUT2D eigenvalue weighted by molar-refractivity contribution is -0.120. The number of nitrogens with one attached hydrogen (secondary N) is 1. The van der Waals surface area contributed by atoms with E-state index in [1.54, 1.807) is 4.68 Å². The Labute approximate surface area is 164 Å². The average molecular weight is 386 g/mol. The molecule has 0 saturated heterocycles. The predicted octanol–water partition coefficient (Wildman–Crippen LogP) is 3.77. The molecule has 0 aliphatic heterocycles. The van der Waals surface area contributed by atoms with Gasteiger partial charge in [-0.25, -0.2) is 0 Å². The van der Waals surface area contributed by atoms with Gasteiger partial charge in [-0.2, -0.15) is 4.68 Å². The molecule has 1 atom stereocenters. The number of amides is 1. The van der Waals surface area contributed by atoms with Crippen molar-refractivity contribution in [3.05, 3.63) is 41.0 Å². The van der Waals surface area contributed by atoms with E-state index in [9.17, 15) is 4.79 Å². The summed E-state index contributed by atoms with van der Waals surface area (Å²) in [6.07, 6.45) is 8.18. The first-order valence-corrected chi connectivity index (χ1v) is 10.4. The van der Waals surface area contributed by atoms with Gasteiger partial charge in [-0.15, -0.1) is 5.10 Å². The molecule has 1 aromatic heterocycles. The van der Waals surface area contributed by atoms with Crippen molar-refractivity contribution in [1.29, 1.82) is 0 Å². The summed E-state index contributed by atoms with van der Waals surface area (Å²) in [7, 11) is 0. The van der Waals surface area contributed by atoms with E-state index in [0.717, 1.165) is 17.7 Å². The Kier molecular flexibility index (Phi) is 6.66. The van der Waals surface area contributed by atoms with Crippen molar-refractivity contribution >= 4 is 17.7 Å². The summed E-state index contributed by atoms with van der Waals surface area (Å²) in [6.45, 7) is 6.68. The van der Waals surface area contributed by atoms with E-state index in [-0.39, 0.29) is 11.2 Å². The summed E-state index contributed by atoms with van der Waals surface area (Å²) in [5.41, 5.74) is 4.70. The minimum atomic E-state index is -0.263. The van der Waals surface area contributed by atoms with Gasteiger partial charge < -0.3 is 5.32 Å². The molecule has 0 bridgehead atoms. The maximum Gasteiger partial charge on any atom is 0.233 e. The van der Waals surface area contributed by atoms with Gasteiger partial charge >= 0.3 is 0 Å². The molecule has 1 aromatic carbocycles. The molecule has 1 amide bonds. The molecule has 0 unspecified atom stereocenters.